The number of carbonyl (C=O) groups excluding carboxylic acids is 2. The van der Waals surface area contributed by atoms with Gasteiger partial charge < -0.3 is 10.1 Å². The van der Waals surface area contributed by atoms with Crippen LogP contribution in [0.15, 0.2) is 12.7 Å². The second-order valence-electron chi connectivity index (χ2n) is 3.98. The van der Waals surface area contributed by atoms with Gasteiger partial charge >= 0.3 is 6.09 Å². The van der Waals surface area contributed by atoms with E-state index in [9.17, 15) is 9.59 Å². The largest absolute Gasteiger partial charge is 0.438 e. The minimum Gasteiger partial charge on any atom is -0.438 e. The zero-order valence-corrected chi connectivity index (χ0v) is 8.87. The number of ether oxygens (including phenoxy) is 1. The summed E-state index contributed by atoms with van der Waals surface area (Å²) in [6.07, 6.45) is 1.13. The second-order valence-corrected chi connectivity index (χ2v) is 3.98. The van der Waals surface area contributed by atoms with Crippen molar-refractivity contribution in [1.29, 1.82) is 0 Å². The summed E-state index contributed by atoms with van der Waals surface area (Å²) in [4.78, 5) is 21.6. The van der Waals surface area contributed by atoms with Crippen LogP contribution in [0, 0.1) is 0 Å². The van der Waals surface area contributed by atoms with E-state index in [1.807, 2.05) is 20.8 Å². The molecule has 0 saturated heterocycles. The Bertz CT molecular complexity index is 218. The van der Waals surface area contributed by atoms with Crippen LogP contribution < -0.4 is 5.32 Å². The van der Waals surface area contributed by atoms with Gasteiger partial charge in [-0.3, -0.25) is 4.79 Å². The summed E-state index contributed by atoms with van der Waals surface area (Å²) < 4.78 is 4.83. The van der Waals surface area contributed by atoms with E-state index in [1.165, 1.54) is 6.08 Å². The van der Waals surface area contributed by atoms with Crippen molar-refractivity contribution >= 4 is 12.4 Å². The van der Waals surface area contributed by atoms with Gasteiger partial charge in [-0.2, -0.15) is 0 Å². The topological polar surface area (TPSA) is 55.4 Å². The molecule has 0 radical (unpaired) electrons. The monoisotopic (exact) mass is 199 g/mol. The van der Waals surface area contributed by atoms with E-state index in [4.69, 9.17) is 4.74 Å². The first-order chi connectivity index (χ1) is 6.39. The average Bonchev–Trinajstić information content (AvgIpc) is 2.00. The lowest BCUT2D eigenvalue weighted by Gasteiger charge is -2.21. The highest BCUT2D eigenvalue weighted by Gasteiger charge is 2.17. The molecule has 1 amide bonds. The Kier molecular flexibility index (Phi) is 4.91. The maximum atomic E-state index is 11.2. The second kappa shape index (κ2) is 5.42. The molecular weight excluding hydrogens is 182 g/mol. The molecule has 80 valence electrons. The fourth-order valence-electron chi connectivity index (χ4n) is 0.769. The number of carbonyl (C=O) groups is 2. The van der Waals surface area contributed by atoms with Crippen molar-refractivity contribution in [2.75, 3.05) is 0 Å². The quantitative estimate of drug-likeness (QED) is 0.553. The molecule has 0 rings (SSSR count). The van der Waals surface area contributed by atoms with Crippen LogP contribution in [-0.4, -0.2) is 24.0 Å². The third-order valence-corrected chi connectivity index (χ3v) is 1.29. The fraction of sp³-hybridized carbons (Fsp3) is 0.600. The van der Waals surface area contributed by atoms with Crippen LogP contribution in [0.2, 0.25) is 0 Å². The fourth-order valence-corrected chi connectivity index (χ4v) is 0.769. The van der Waals surface area contributed by atoms with Crippen LogP contribution in [0.1, 0.15) is 27.2 Å². The molecule has 0 aliphatic heterocycles. The van der Waals surface area contributed by atoms with Crippen molar-refractivity contribution in [2.24, 2.45) is 0 Å². The third-order valence-electron chi connectivity index (χ3n) is 1.29. The lowest BCUT2D eigenvalue weighted by Crippen LogP contribution is -2.42. The summed E-state index contributed by atoms with van der Waals surface area (Å²) in [7, 11) is 0. The van der Waals surface area contributed by atoms with Crippen LogP contribution in [0.5, 0.6) is 0 Å². The van der Waals surface area contributed by atoms with Gasteiger partial charge in [0.15, 0.2) is 12.4 Å². The molecule has 0 saturated carbocycles. The van der Waals surface area contributed by atoms with Gasteiger partial charge in [-0.05, 0) is 20.8 Å². The van der Waals surface area contributed by atoms with Gasteiger partial charge in [-0.15, -0.1) is 6.58 Å². The first-order valence-corrected chi connectivity index (χ1v) is 4.44. The summed E-state index contributed by atoms with van der Waals surface area (Å²) >= 11 is 0. The molecule has 1 N–H and O–H groups in total. The van der Waals surface area contributed by atoms with Crippen LogP contribution in [-0.2, 0) is 9.53 Å². The molecule has 1 atom stereocenters. The Labute approximate surface area is 84.3 Å². The van der Waals surface area contributed by atoms with E-state index < -0.39 is 12.2 Å². The van der Waals surface area contributed by atoms with E-state index in [1.54, 1.807) is 0 Å². The molecule has 0 unspecified atom stereocenters. The summed E-state index contributed by atoms with van der Waals surface area (Å²) in [6.45, 7) is 8.95. The van der Waals surface area contributed by atoms with Crippen molar-refractivity contribution in [3.63, 3.8) is 0 Å². The Hall–Kier alpha value is -1.32. The van der Waals surface area contributed by atoms with Crippen molar-refractivity contribution in [3.8, 4) is 0 Å². The highest BCUT2D eigenvalue weighted by Crippen LogP contribution is 2.02. The van der Waals surface area contributed by atoms with Gasteiger partial charge in [-0.1, -0.05) is 6.08 Å². The first kappa shape index (κ1) is 12.7. The molecule has 0 bridgehead atoms. The van der Waals surface area contributed by atoms with E-state index in [-0.39, 0.29) is 5.54 Å². The number of amides is 1. The average molecular weight is 199 g/mol. The number of rotatable bonds is 4. The molecule has 0 aromatic carbocycles. The first-order valence-electron chi connectivity index (χ1n) is 4.44. The molecule has 4 nitrogen and oxygen atoms in total. The van der Waals surface area contributed by atoms with Gasteiger partial charge in [0.25, 0.3) is 0 Å². The van der Waals surface area contributed by atoms with Crippen LogP contribution >= 0.6 is 0 Å². The number of nitrogens with one attached hydrogen (secondary N) is 1. The van der Waals surface area contributed by atoms with Gasteiger partial charge in [0.1, 0.15) is 0 Å². The van der Waals surface area contributed by atoms with Gasteiger partial charge in [-0.25, -0.2) is 4.79 Å². The molecule has 0 aliphatic carbocycles. The van der Waals surface area contributed by atoms with Gasteiger partial charge in [0.05, 0.1) is 0 Å². The molecule has 0 heterocycles. The smallest absolute Gasteiger partial charge is 0.408 e. The zero-order chi connectivity index (χ0) is 11.2. The highest BCUT2D eigenvalue weighted by molar-refractivity contribution is 5.71. The predicted molar refractivity (Wildman–Crippen MR) is 54.0 cm³/mol. The SMILES string of the molecule is C=CC[C@@H](C=O)OC(=O)NC(C)(C)C. The molecule has 0 aromatic rings. The highest BCUT2D eigenvalue weighted by atomic mass is 16.6. The molecule has 0 aliphatic rings. The minimum absolute atomic E-state index is 0.334. The summed E-state index contributed by atoms with van der Waals surface area (Å²) in [5.74, 6) is 0. The van der Waals surface area contributed by atoms with E-state index in [0.717, 1.165) is 0 Å². The van der Waals surface area contributed by atoms with Crippen molar-refractivity contribution in [1.82, 2.24) is 5.32 Å². The third kappa shape index (κ3) is 6.22. The number of alkyl carbamates (subject to hydrolysis) is 1. The summed E-state index contributed by atoms with van der Waals surface area (Å²) in [5.41, 5.74) is -0.362. The Morgan fingerprint density at radius 3 is 2.50 bits per heavy atom. The normalized spacial score (nSPS) is 12.8. The lowest BCUT2D eigenvalue weighted by molar-refractivity contribution is -0.115. The minimum atomic E-state index is -0.741. The summed E-state index contributed by atoms with van der Waals surface area (Å²) in [6, 6.07) is 0. The Balaban J connectivity index is 4.03. The van der Waals surface area contributed by atoms with E-state index in [0.29, 0.717) is 12.7 Å². The Morgan fingerprint density at radius 1 is 1.57 bits per heavy atom. The zero-order valence-electron chi connectivity index (χ0n) is 8.87. The van der Waals surface area contributed by atoms with Crippen molar-refractivity contribution < 1.29 is 14.3 Å². The lowest BCUT2D eigenvalue weighted by atomic mass is 10.1. The van der Waals surface area contributed by atoms with Crippen LogP contribution in [0.25, 0.3) is 0 Å². The molecule has 0 spiro atoms. The number of aldehydes is 1. The Morgan fingerprint density at radius 2 is 2.14 bits per heavy atom. The van der Waals surface area contributed by atoms with Crippen molar-refractivity contribution in [3.05, 3.63) is 12.7 Å². The standard InChI is InChI=1S/C10H17NO3/c1-5-6-8(7-12)14-9(13)11-10(2,3)4/h5,7-8H,1,6H2,2-4H3,(H,11,13)/t8-/m0/s1. The molecule has 14 heavy (non-hydrogen) atoms. The maximum Gasteiger partial charge on any atom is 0.408 e. The van der Waals surface area contributed by atoms with Gasteiger partial charge in [0.2, 0.25) is 0 Å². The predicted octanol–water partition coefficient (Wildman–Crippen LogP) is 1.65. The molecule has 4 heteroatoms. The van der Waals surface area contributed by atoms with Crippen LogP contribution in [0.4, 0.5) is 4.79 Å². The molecular formula is C10H17NO3. The van der Waals surface area contributed by atoms with Gasteiger partial charge in [0, 0.05) is 12.0 Å². The summed E-state index contributed by atoms with van der Waals surface area (Å²) in [5, 5.41) is 2.59. The molecule has 0 aromatic heterocycles. The molecule has 0 fully saturated rings. The van der Waals surface area contributed by atoms with E-state index >= 15 is 0 Å². The maximum absolute atomic E-state index is 11.2. The number of hydrogen-bond acceptors (Lipinski definition) is 3. The number of hydrogen-bond donors (Lipinski definition) is 1. The van der Waals surface area contributed by atoms with Crippen molar-refractivity contribution in [2.45, 2.75) is 38.8 Å². The van der Waals surface area contributed by atoms with E-state index in [2.05, 4.69) is 11.9 Å². The van der Waals surface area contributed by atoms with Crippen LogP contribution in [0.3, 0.4) is 0 Å².